The number of alkyl halides is 1. The minimum Gasteiger partial charge on any atom is -0.389 e. The summed E-state index contributed by atoms with van der Waals surface area (Å²) in [5, 5.41) is 9.98. The lowest BCUT2D eigenvalue weighted by Crippen LogP contribution is -2.60. The van der Waals surface area contributed by atoms with E-state index in [1.54, 1.807) is 20.8 Å². The van der Waals surface area contributed by atoms with Crippen LogP contribution in [0.25, 0.3) is 0 Å². The fraction of sp³-hybridized carbons (Fsp3) is 0.636. The van der Waals surface area contributed by atoms with Crippen molar-refractivity contribution in [3.05, 3.63) is 23.3 Å². The average molecular weight is 534 g/mol. The molecule has 0 heterocycles. The molecule has 0 saturated heterocycles. The van der Waals surface area contributed by atoms with Crippen LogP contribution in [0.4, 0.5) is 0 Å². The Morgan fingerprint density at radius 2 is 1.97 bits per heavy atom. The number of ketones is 2. The molecular weight excluding hydrogens is 503 g/mol. The van der Waals surface area contributed by atoms with Crippen molar-refractivity contribution in [2.24, 2.45) is 5.41 Å². The largest absolute Gasteiger partial charge is 0.389 e. The number of terminal acetylenes is 1. The van der Waals surface area contributed by atoms with E-state index in [-0.39, 0.29) is 25.8 Å². The molecule has 7 nitrogen and oxygen atoms in total. The van der Waals surface area contributed by atoms with Crippen molar-refractivity contribution in [1.82, 2.24) is 0 Å². The number of aliphatic hydroxyl groups excluding tert-OH is 1. The van der Waals surface area contributed by atoms with Crippen LogP contribution in [-0.2, 0) is 28.5 Å². The lowest BCUT2D eigenvalue weighted by Gasteiger charge is -2.50. The third-order valence-electron chi connectivity index (χ3n) is 5.41. The Labute approximate surface area is 192 Å². The van der Waals surface area contributed by atoms with E-state index < -0.39 is 29.0 Å². The second-order valence-corrected chi connectivity index (χ2v) is 8.65. The van der Waals surface area contributed by atoms with Gasteiger partial charge >= 0.3 is 0 Å². The van der Waals surface area contributed by atoms with Gasteiger partial charge in [-0.05, 0) is 30.9 Å². The summed E-state index contributed by atoms with van der Waals surface area (Å²) >= 11 is 2.15. The Kier molecular flexibility index (Phi) is 10.8. The third-order valence-corrected chi connectivity index (χ3v) is 6.04. The summed E-state index contributed by atoms with van der Waals surface area (Å²) in [4.78, 5) is 26.2. The zero-order chi connectivity index (χ0) is 22.9. The highest BCUT2D eigenvalue weighted by Crippen LogP contribution is 2.51. The maximum absolute atomic E-state index is 13.2. The number of carbonyl (C=O) groups is 2. The highest BCUT2D eigenvalue weighted by molar-refractivity contribution is 14.1. The van der Waals surface area contributed by atoms with Gasteiger partial charge in [0.25, 0.3) is 0 Å². The molecule has 1 aliphatic rings. The highest BCUT2D eigenvalue weighted by Gasteiger charge is 2.59. The molecule has 0 aromatic carbocycles. The normalized spacial score (nSPS) is 24.7. The fourth-order valence-corrected chi connectivity index (χ4v) is 4.45. The first-order valence-corrected chi connectivity index (χ1v) is 11.1. The zero-order valence-corrected chi connectivity index (χ0v) is 20.4. The summed E-state index contributed by atoms with van der Waals surface area (Å²) in [7, 11) is 2.92. The van der Waals surface area contributed by atoms with Gasteiger partial charge in [0.05, 0.1) is 12.2 Å². The molecule has 0 radical (unpaired) electrons. The molecule has 0 aromatic rings. The van der Waals surface area contributed by atoms with Gasteiger partial charge in [0.1, 0.15) is 13.6 Å². The van der Waals surface area contributed by atoms with Crippen molar-refractivity contribution >= 4 is 34.2 Å². The summed E-state index contributed by atoms with van der Waals surface area (Å²) in [5.74, 6) is 1.22. The molecule has 0 spiro atoms. The molecule has 8 heteroatoms. The molecular formula is C22H31IO7. The first kappa shape index (κ1) is 26.9. The predicted molar refractivity (Wildman–Crippen MR) is 121 cm³/mol. The molecule has 1 rings (SSSR count). The van der Waals surface area contributed by atoms with Gasteiger partial charge in [-0.3, -0.25) is 9.59 Å². The van der Waals surface area contributed by atoms with Crippen molar-refractivity contribution in [2.45, 2.75) is 51.4 Å². The van der Waals surface area contributed by atoms with Gasteiger partial charge in [0, 0.05) is 36.1 Å². The molecule has 0 amide bonds. The van der Waals surface area contributed by atoms with Crippen molar-refractivity contribution in [2.75, 3.05) is 32.2 Å². The monoisotopic (exact) mass is 534 g/mol. The van der Waals surface area contributed by atoms with E-state index in [1.165, 1.54) is 26.4 Å². The lowest BCUT2D eigenvalue weighted by molar-refractivity contribution is -0.197. The average Bonchev–Trinajstić information content (AvgIpc) is 2.70. The maximum Gasteiger partial charge on any atom is 0.238 e. The lowest BCUT2D eigenvalue weighted by atomic mass is 9.59. The van der Waals surface area contributed by atoms with Crippen LogP contribution in [0.1, 0.15) is 33.6 Å². The Morgan fingerprint density at radius 1 is 1.33 bits per heavy atom. The molecule has 0 bridgehead atoms. The Hall–Kier alpha value is -1.09. The number of allylic oxidation sites excluding steroid dienone is 1. The van der Waals surface area contributed by atoms with E-state index >= 15 is 0 Å². The van der Waals surface area contributed by atoms with E-state index in [2.05, 4.69) is 28.5 Å². The van der Waals surface area contributed by atoms with Gasteiger partial charge < -0.3 is 24.1 Å². The van der Waals surface area contributed by atoms with Crippen LogP contribution < -0.4 is 0 Å². The van der Waals surface area contributed by atoms with Crippen LogP contribution in [0.15, 0.2) is 23.3 Å². The zero-order valence-electron chi connectivity index (χ0n) is 18.2. The van der Waals surface area contributed by atoms with E-state index in [4.69, 9.17) is 25.4 Å². The number of hydrogen-bond acceptors (Lipinski definition) is 7. The van der Waals surface area contributed by atoms with Gasteiger partial charge in [0.15, 0.2) is 11.4 Å². The topological polar surface area (TPSA) is 91.3 Å². The number of hydrogen-bond donors (Lipinski definition) is 1. The summed E-state index contributed by atoms with van der Waals surface area (Å²) < 4.78 is 22.5. The second-order valence-electron chi connectivity index (χ2n) is 7.57. The van der Waals surface area contributed by atoms with E-state index in [0.717, 1.165) is 4.43 Å². The molecule has 0 unspecified atom stereocenters. The standard InChI is InChI=1S/C22H31IO7/c1-7-19(26)22(30-14-28-6)12-18(29-13-27-5)15(2)20(21(22,3)4)17(25)9-8-16(24)10-11-23/h1,8-9,16,18,24H,10-14H2,2-6H3/b9-8+/t16-,18+,22-/m1/s1. The fourth-order valence-electron chi connectivity index (χ4n) is 3.81. The molecule has 1 N–H and O–H groups in total. The number of carbonyl (C=O) groups excluding carboxylic acids is 2. The van der Waals surface area contributed by atoms with Crippen molar-refractivity contribution < 1.29 is 33.6 Å². The molecule has 168 valence electrons. The summed E-state index contributed by atoms with van der Waals surface area (Å²) in [5.41, 5.74) is -1.60. The van der Waals surface area contributed by atoms with Crippen LogP contribution in [-0.4, -0.2) is 66.7 Å². The molecule has 0 fully saturated rings. The van der Waals surface area contributed by atoms with Gasteiger partial charge in [0.2, 0.25) is 5.78 Å². The van der Waals surface area contributed by atoms with Crippen molar-refractivity contribution in [3.8, 4) is 12.3 Å². The van der Waals surface area contributed by atoms with Crippen molar-refractivity contribution in [3.63, 3.8) is 0 Å². The SMILES string of the molecule is C#CC(=O)[C@]1(OCOC)C[C@H](OCOC)C(C)=C(C(=O)/C=C/[C@@H](O)CCI)C1(C)C. The molecule has 0 aliphatic heterocycles. The van der Waals surface area contributed by atoms with Crippen LogP contribution in [0.2, 0.25) is 0 Å². The van der Waals surface area contributed by atoms with Gasteiger partial charge in [-0.25, -0.2) is 0 Å². The molecule has 0 aromatic heterocycles. The molecule has 30 heavy (non-hydrogen) atoms. The van der Waals surface area contributed by atoms with Crippen LogP contribution >= 0.6 is 22.6 Å². The second kappa shape index (κ2) is 12.1. The number of Topliss-reactive ketones (excluding diaryl/α,β-unsaturated/α-hetero) is 1. The molecule has 0 saturated carbocycles. The number of rotatable bonds is 12. The van der Waals surface area contributed by atoms with E-state index in [1.807, 2.05) is 0 Å². The first-order chi connectivity index (χ1) is 14.1. The summed E-state index contributed by atoms with van der Waals surface area (Å²) in [6.45, 7) is 5.06. The minimum atomic E-state index is -1.53. The van der Waals surface area contributed by atoms with Gasteiger partial charge in [-0.15, -0.1) is 6.42 Å². The van der Waals surface area contributed by atoms with E-state index in [9.17, 15) is 14.7 Å². The Balaban J connectivity index is 3.57. The van der Waals surface area contributed by atoms with Crippen LogP contribution in [0.5, 0.6) is 0 Å². The first-order valence-electron chi connectivity index (χ1n) is 9.55. The Morgan fingerprint density at radius 3 is 2.50 bits per heavy atom. The summed E-state index contributed by atoms with van der Waals surface area (Å²) in [6, 6.07) is 0. The highest BCUT2D eigenvalue weighted by atomic mass is 127. The molecule has 1 aliphatic carbocycles. The smallest absolute Gasteiger partial charge is 0.238 e. The molecule has 3 atom stereocenters. The maximum atomic E-state index is 13.2. The number of aliphatic hydroxyl groups is 1. The predicted octanol–water partition coefficient (Wildman–Crippen LogP) is 2.59. The third kappa shape index (κ3) is 5.78. The van der Waals surface area contributed by atoms with E-state index in [0.29, 0.717) is 17.6 Å². The quantitative estimate of drug-likeness (QED) is 0.103. The minimum absolute atomic E-state index is 0.0290. The number of methoxy groups -OCH3 is 2. The number of ether oxygens (including phenoxy) is 4. The Bertz CT molecular complexity index is 719. The van der Waals surface area contributed by atoms with Gasteiger partial charge in [-0.1, -0.05) is 42.5 Å². The van der Waals surface area contributed by atoms with Crippen LogP contribution in [0.3, 0.4) is 0 Å². The van der Waals surface area contributed by atoms with Gasteiger partial charge in [-0.2, -0.15) is 0 Å². The van der Waals surface area contributed by atoms with Crippen molar-refractivity contribution in [1.29, 1.82) is 0 Å². The van der Waals surface area contributed by atoms with Crippen LogP contribution in [0, 0.1) is 17.8 Å². The number of halogens is 1. The summed E-state index contributed by atoms with van der Waals surface area (Å²) in [6.07, 6.45) is 7.55.